The lowest BCUT2D eigenvalue weighted by Gasteiger charge is -2.15. The fraction of sp³-hybridized carbons (Fsp3) is 0.0526. The van der Waals surface area contributed by atoms with Gasteiger partial charge in [0.2, 0.25) is 0 Å². The SMILES string of the molecule is CC(c1ccc(-c2cccc3c2oc2ccccc23)cc1)c1cccc(-c2cccc3sc4ccccc4c23)c1. The van der Waals surface area contributed by atoms with Crippen molar-refractivity contribution in [3.8, 4) is 22.3 Å². The minimum Gasteiger partial charge on any atom is -0.455 e. The van der Waals surface area contributed by atoms with Gasteiger partial charge in [0.05, 0.1) is 0 Å². The first-order chi connectivity index (χ1) is 19.7. The summed E-state index contributed by atoms with van der Waals surface area (Å²) in [5.74, 6) is 0.273. The van der Waals surface area contributed by atoms with Crippen LogP contribution in [0.1, 0.15) is 24.0 Å². The molecule has 1 unspecified atom stereocenters. The van der Waals surface area contributed by atoms with Gasteiger partial charge in [0.25, 0.3) is 0 Å². The first kappa shape index (κ1) is 23.2. The summed E-state index contributed by atoms with van der Waals surface area (Å²) in [5, 5.41) is 5.02. The van der Waals surface area contributed by atoms with Crippen LogP contribution in [0.4, 0.5) is 0 Å². The summed E-state index contributed by atoms with van der Waals surface area (Å²) < 4.78 is 8.97. The Bertz CT molecular complexity index is 2180. The number of thiophene rings is 1. The topological polar surface area (TPSA) is 13.1 Å². The van der Waals surface area contributed by atoms with E-state index in [4.69, 9.17) is 4.42 Å². The largest absolute Gasteiger partial charge is 0.455 e. The lowest BCUT2D eigenvalue weighted by Crippen LogP contribution is -1.96. The highest BCUT2D eigenvalue weighted by Gasteiger charge is 2.15. The van der Waals surface area contributed by atoms with Crippen LogP contribution in [0, 0.1) is 0 Å². The average molecular weight is 531 g/mol. The van der Waals surface area contributed by atoms with Crippen LogP contribution in [0.5, 0.6) is 0 Å². The third kappa shape index (κ3) is 3.68. The van der Waals surface area contributed by atoms with Gasteiger partial charge in [0, 0.05) is 42.4 Å². The molecule has 0 bridgehead atoms. The van der Waals surface area contributed by atoms with Crippen LogP contribution in [-0.4, -0.2) is 0 Å². The quantitative estimate of drug-likeness (QED) is 0.220. The Hall–Kier alpha value is -4.66. The summed E-state index contributed by atoms with van der Waals surface area (Å²) in [6, 6.07) is 48.2. The molecule has 2 aromatic heterocycles. The molecular weight excluding hydrogens is 504 g/mol. The van der Waals surface area contributed by atoms with Gasteiger partial charge < -0.3 is 4.42 Å². The van der Waals surface area contributed by atoms with Gasteiger partial charge in [-0.25, -0.2) is 0 Å². The summed E-state index contributed by atoms with van der Waals surface area (Å²) in [4.78, 5) is 0. The minimum atomic E-state index is 0.273. The van der Waals surface area contributed by atoms with Crippen LogP contribution in [0.25, 0.3) is 64.4 Å². The first-order valence-corrected chi connectivity index (χ1v) is 14.6. The standard InChI is InChI=1S/C38H26OS/c1-24(25-19-21-26(22-20-25)30-14-7-15-32-31-11-2-4-16-34(31)39-38(30)32)27-9-6-10-28(23-27)29-13-8-18-36-37(29)33-12-3-5-17-35(33)40-36/h2-24H,1H3. The molecule has 8 rings (SSSR count). The van der Waals surface area contributed by atoms with Gasteiger partial charge in [-0.15, -0.1) is 11.3 Å². The van der Waals surface area contributed by atoms with E-state index in [2.05, 4.69) is 128 Å². The van der Waals surface area contributed by atoms with E-state index in [1.54, 1.807) is 0 Å². The molecule has 40 heavy (non-hydrogen) atoms. The molecule has 0 aliphatic heterocycles. The van der Waals surface area contributed by atoms with Crippen LogP contribution in [0.15, 0.2) is 138 Å². The number of fused-ring (bicyclic) bond motifs is 6. The average Bonchev–Trinajstić information content (AvgIpc) is 3.59. The molecule has 8 aromatic rings. The molecule has 0 spiro atoms. The molecule has 190 valence electrons. The van der Waals surface area contributed by atoms with Crippen molar-refractivity contribution in [1.82, 2.24) is 0 Å². The molecule has 1 atom stereocenters. The first-order valence-electron chi connectivity index (χ1n) is 13.8. The third-order valence-corrected chi connectivity index (χ3v) is 9.36. The van der Waals surface area contributed by atoms with Gasteiger partial charge in [-0.05, 0) is 46.0 Å². The van der Waals surface area contributed by atoms with E-state index >= 15 is 0 Å². The number of para-hydroxylation sites is 2. The maximum atomic E-state index is 6.29. The van der Waals surface area contributed by atoms with Gasteiger partial charge >= 0.3 is 0 Å². The monoisotopic (exact) mass is 530 g/mol. The summed E-state index contributed by atoms with van der Waals surface area (Å²) >= 11 is 1.87. The van der Waals surface area contributed by atoms with Crippen molar-refractivity contribution in [2.24, 2.45) is 0 Å². The second-order valence-corrected chi connectivity index (χ2v) is 11.6. The van der Waals surface area contributed by atoms with Gasteiger partial charge in [-0.1, -0.05) is 122 Å². The van der Waals surface area contributed by atoms with Crippen molar-refractivity contribution >= 4 is 53.4 Å². The molecular formula is C38H26OS. The van der Waals surface area contributed by atoms with E-state index in [-0.39, 0.29) is 5.92 Å². The highest BCUT2D eigenvalue weighted by atomic mass is 32.1. The molecule has 2 heteroatoms. The summed E-state index contributed by atoms with van der Waals surface area (Å²) in [7, 11) is 0. The lowest BCUT2D eigenvalue weighted by molar-refractivity contribution is 0.670. The van der Waals surface area contributed by atoms with E-state index in [1.807, 2.05) is 23.5 Å². The molecule has 1 nitrogen and oxygen atoms in total. The molecule has 0 saturated carbocycles. The van der Waals surface area contributed by atoms with E-state index < -0.39 is 0 Å². The van der Waals surface area contributed by atoms with Crippen molar-refractivity contribution < 1.29 is 4.42 Å². The second kappa shape index (κ2) is 9.22. The Morgan fingerprint density at radius 3 is 2.12 bits per heavy atom. The minimum absolute atomic E-state index is 0.273. The smallest absolute Gasteiger partial charge is 0.143 e. The summed E-state index contributed by atoms with van der Waals surface area (Å²) in [6.45, 7) is 2.30. The summed E-state index contributed by atoms with van der Waals surface area (Å²) in [5.41, 5.74) is 9.38. The van der Waals surface area contributed by atoms with Gasteiger partial charge in [-0.2, -0.15) is 0 Å². The maximum Gasteiger partial charge on any atom is 0.143 e. The van der Waals surface area contributed by atoms with Crippen LogP contribution in [0.3, 0.4) is 0 Å². The zero-order valence-electron chi connectivity index (χ0n) is 22.1. The highest BCUT2D eigenvalue weighted by molar-refractivity contribution is 7.25. The second-order valence-electron chi connectivity index (χ2n) is 10.5. The Balaban J connectivity index is 1.16. The Kier molecular flexibility index (Phi) is 5.36. The fourth-order valence-corrected chi connectivity index (χ4v) is 7.24. The van der Waals surface area contributed by atoms with Gasteiger partial charge in [0.1, 0.15) is 11.2 Å². The Labute approximate surface area is 236 Å². The normalized spacial score (nSPS) is 12.5. The molecule has 6 aromatic carbocycles. The van der Waals surface area contributed by atoms with Crippen molar-refractivity contribution in [3.63, 3.8) is 0 Å². The predicted molar refractivity (Wildman–Crippen MR) is 171 cm³/mol. The molecule has 0 aliphatic carbocycles. The van der Waals surface area contributed by atoms with Crippen LogP contribution in [-0.2, 0) is 0 Å². The van der Waals surface area contributed by atoms with Crippen molar-refractivity contribution in [2.45, 2.75) is 12.8 Å². The molecule has 0 N–H and O–H groups in total. The molecule has 0 aliphatic rings. The lowest BCUT2D eigenvalue weighted by atomic mass is 9.89. The van der Waals surface area contributed by atoms with E-state index in [0.29, 0.717) is 0 Å². The van der Waals surface area contributed by atoms with E-state index in [9.17, 15) is 0 Å². The highest BCUT2D eigenvalue weighted by Crippen LogP contribution is 2.41. The fourth-order valence-electron chi connectivity index (χ4n) is 6.11. The zero-order chi connectivity index (χ0) is 26.6. The number of hydrogen-bond donors (Lipinski definition) is 0. The van der Waals surface area contributed by atoms with Gasteiger partial charge in [0.15, 0.2) is 0 Å². The van der Waals surface area contributed by atoms with Gasteiger partial charge in [-0.3, -0.25) is 0 Å². The number of benzene rings is 6. The van der Waals surface area contributed by atoms with Crippen molar-refractivity contribution in [2.75, 3.05) is 0 Å². The number of hydrogen-bond acceptors (Lipinski definition) is 2. The zero-order valence-corrected chi connectivity index (χ0v) is 22.9. The van der Waals surface area contributed by atoms with Crippen molar-refractivity contribution in [1.29, 1.82) is 0 Å². The van der Waals surface area contributed by atoms with Crippen LogP contribution < -0.4 is 0 Å². The number of rotatable bonds is 4. The predicted octanol–water partition coefficient (Wildman–Crippen LogP) is 11.4. The maximum absolute atomic E-state index is 6.29. The Morgan fingerprint density at radius 2 is 1.23 bits per heavy atom. The summed E-state index contributed by atoms with van der Waals surface area (Å²) in [6.07, 6.45) is 0. The third-order valence-electron chi connectivity index (χ3n) is 8.23. The molecule has 0 saturated heterocycles. The molecule has 0 fully saturated rings. The molecule has 0 amide bonds. The van der Waals surface area contributed by atoms with E-state index in [1.165, 1.54) is 48.0 Å². The van der Waals surface area contributed by atoms with Crippen LogP contribution >= 0.6 is 11.3 Å². The van der Waals surface area contributed by atoms with E-state index in [0.717, 1.165) is 27.5 Å². The molecule has 0 radical (unpaired) electrons. The molecule has 2 heterocycles. The Morgan fingerprint density at radius 1 is 0.525 bits per heavy atom. The number of furan rings is 1. The van der Waals surface area contributed by atoms with Crippen molar-refractivity contribution in [3.05, 3.63) is 145 Å². The van der Waals surface area contributed by atoms with Crippen LogP contribution in [0.2, 0.25) is 0 Å².